The summed E-state index contributed by atoms with van der Waals surface area (Å²) < 4.78 is 5.53. The van der Waals surface area contributed by atoms with E-state index in [-0.39, 0.29) is 17.4 Å². The number of hydrogen-bond acceptors (Lipinski definition) is 6. The quantitative estimate of drug-likeness (QED) is 0.598. The molecule has 1 heterocycles. The van der Waals surface area contributed by atoms with Gasteiger partial charge >= 0.3 is 6.09 Å². The molecule has 3 rings (SSSR count). The minimum absolute atomic E-state index is 0.0975. The summed E-state index contributed by atoms with van der Waals surface area (Å²) in [6.45, 7) is 8.88. The molecule has 2 fully saturated rings. The Kier molecular flexibility index (Phi) is 7.22. The number of likely N-dealkylation sites (N-methyl/N-ethyl adjacent to an activating group) is 1. The highest BCUT2D eigenvalue weighted by Crippen LogP contribution is 2.49. The van der Waals surface area contributed by atoms with Gasteiger partial charge in [-0.2, -0.15) is 0 Å². The second-order valence-electron chi connectivity index (χ2n) is 10.5. The third kappa shape index (κ3) is 6.06. The van der Waals surface area contributed by atoms with Crippen LogP contribution in [0.1, 0.15) is 50.4 Å². The van der Waals surface area contributed by atoms with Crippen molar-refractivity contribution in [3.63, 3.8) is 0 Å². The van der Waals surface area contributed by atoms with Gasteiger partial charge in [-0.3, -0.25) is 4.79 Å². The van der Waals surface area contributed by atoms with E-state index in [0.717, 1.165) is 56.8 Å². The predicted molar refractivity (Wildman–Crippen MR) is 128 cm³/mol. The van der Waals surface area contributed by atoms with E-state index >= 15 is 0 Å². The molecule has 2 amide bonds. The van der Waals surface area contributed by atoms with Gasteiger partial charge in [0, 0.05) is 50.6 Å². The third-order valence-electron chi connectivity index (χ3n) is 6.19. The average molecular weight is 446 g/mol. The van der Waals surface area contributed by atoms with Crippen molar-refractivity contribution < 1.29 is 14.3 Å². The molecule has 0 aromatic heterocycles. The minimum Gasteiger partial charge on any atom is -0.444 e. The van der Waals surface area contributed by atoms with E-state index in [0.29, 0.717) is 11.6 Å². The molecule has 3 N–H and O–H groups in total. The highest BCUT2D eigenvalue weighted by molar-refractivity contribution is 6.00. The fourth-order valence-corrected chi connectivity index (χ4v) is 4.60. The van der Waals surface area contributed by atoms with Gasteiger partial charge in [-0.1, -0.05) is 0 Å². The molecule has 1 aromatic rings. The number of hydrogen-bond donors (Lipinski definition) is 3. The van der Waals surface area contributed by atoms with Crippen LogP contribution in [0, 0.1) is 5.41 Å². The summed E-state index contributed by atoms with van der Waals surface area (Å²) in [5.74, 6) is -0.0975. The summed E-state index contributed by atoms with van der Waals surface area (Å²) in [5.41, 5.74) is 2.22. The second kappa shape index (κ2) is 9.57. The molecule has 1 aliphatic carbocycles. The van der Waals surface area contributed by atoms with Crippen LogP contribution in [0.15, 0.2) is 18.2 Å². The van der Waals surface area contributed by atoms with Crippen molar-refractivity contribution >= 4 is 23.4 Å². The molecule has 0 unspecified atom stereocenters. The maximum atomic E-state index is 12.4. The van der Waals surface area contributed by atoms with E-state index < -0.39 is 5.60 Å². The second-order valence-corrected chi connectivity index (χ2v) is 10.5. The molecule has 1 aromatic carbocycles. The lowest BCUT2D eigenvalue weighted by atomic mass is 9.65. The fourth-order valence-electron chi connectivity index (χ4n) is 4.60. The average Bonchev–Trinajstić information content (AvgIpc) is 3.11. The van der Waals surface area contributed by atoms with Gasteiger partial charge < -0.3 is 30.5 Å². The van der Waals surface area contributed by atoms with Crippen LogP contribution in [0.2, 0.25) is 0 Å². The number of nitrogens with one attached hydrogen (secondary N) is 3. The Labute approximate surface area is 192 Å². The SMILES string of the molecule is CNC(=O)c1ccc(NC2CC3(CCN(C(=O)OC(C)(C)C)C3)C2)cc1NCCN(C)C. The summed E-state index contributed by atoms with van der Waals surface area (Å²) in [4.78, 5) is 28.6. The first kappa shape index (κ1) is 24.2. The third-order valence-corrected chi connectivity index (χ3v) is 6.19. The Morgan fingerprint density at radius 3 is 2.59 bits per heavy atom. The first-order chi connectivity index (χ1) is 15.0. The smallest absolute Gasteiger partial charge is 0.410 e. The number of benzene rings is 1. The van der Waals surface area contributed by atoms with Crippen molar-refractivity contribution in [3.05, 3.63) is 23.8 Å². The summed E-state index contributed by atoms with van der Waals surface area (Å²) in [5, 5.41) is 9.72. The molecule has 8 heteroatoms. The molecule has 8 nitrogen and oxygen atoms in total. The highest BCUT2D eigenvalue weighted by atomic mass is 16.6. The Morgan fingerprint density at radius 2 is 1.97 bits per heavy atom. The zero-order valence-corrected chi connectivity index (χ0v) is 20.4. The van der Waals surface area contributed by atoms with Crippen molar-refractivity contribution in [1.29, 1.82) is 0 Å². The van der Waals surface area contributed by atoms with Gasteiger partial charge in [0.05, 0.1) is 5.56 Å². The maximum Gasteiger partial charge on any atom is 0.410 e. The predicted octanol–water partition coefficient (Wildman–Crippen LogP) is 3.22. The number of carbonyl (C=O) groups is 2. The van der Waals surface area contributed by atoms with Crippen molar-refractivity contribution in [3.8, 4) is 0 Å². The van der Waals surface area contributed by atoms with Crippen LogP contribution in [0.5, 0.6) is 0 Å². The van der Waals surface area contributed by atoms with Gasteiger partial charge in [-0.15, -0.1) is 0 Å². The monoisotopic (exact) mass is 445 g/mol. The zero-order chi connectivity index (χ0) is 23.5. The lowest BCUT2D eigenvalue weighted by Gasteiger charge is -2.45. The van der Waals surface area contributed by atoms with Gasteiger partial charge in [-0.25, -0.2) is 4.79 Å². The molecule has 178 valence electrons. The van der Waals surface area contributed by atoms with Gasteiger partial charge in [-0.05, 0) is 77.7 Å². The lowest BCUT2D eigenvalue weighted by molar-refractivity contribution is 0.0237. The number of anilines is 2. The Balaban J connectivity index is 1.57. The van der Waals surface area contributed by atoms with E-state index in [4.69, 9.17) is 4.74 Å². The standard InChI is InChI=1S/C24H39N5O3/c1-23(2,3)32-22(31)29-11-9-24(16-29)14-18(15-24)27-17-7-8-19(21(30)25-4)20(13-17)26-10-12-28(5)6/h7-8,13,18,26-27H,9-12,14-16H2,1-6H3,(H,25,30). The first-order valence-corrected chi connectivity index (χ1v) is 11.5. The molecular formula is C24H39N5O3. The summed E-state index contributed by atoms with van der Waals surface area (Å²) in [7, 11) is 5.70. The highest BCUT2D eigenvalue weighted by Gasteiger charge is 2.50. The first-order valence-electron chi connectivity index (χ1n) is 11.5. The van der Waals surface area contributed by atoms with Crippen molar-refractivity contribution in [2.45, 2.75) is 51.7 Å². The van der Waals surface area contributed by atoms with Crippen LogP contribution in [-0.2, 0) is 4.74 Å². The van der Waals surface area contributed by atoms with Crippen LogP contribution >= 0.6 is 0 Å². The summed E-state index contributed by atoms with van der Waals surface area (Å²) in [6.07, 6.45) is 2.89. The summed E-state index contributed by atoms with van der Waals surface area (Å²) >= 11 is 0. The van der Waals surface area contributed by atoms with Gasteiger partial charge in [0.2, 0.25) is 0 Å². The van der Waals surface area contributed by atoms with Gasteiger partial charge in [0.25, 0.3) is 5.91 Å². The van der Waals surface area contributed by atoms with Gasteiger partial charge in [0.1, 0.15) is 5.60 Å². The molecule has 1 saturated carbocycles. The summed E-state index contributed by atoms with van der Waals surface area (Å²) in [6, 6.07) is 6.23. The van der Waals surface area contributed by atoms with Crippen LogP contribution < -0.4 is 16.0 Å². The van der Waals surface area contributed by atoms with E-state index in [1.54, 1.807) is 7.05 Å². The number of nitrogens with zero attached hydrogens (tertiary/aromatic N) is 2. The maximum absolute atomic E-state index is 12.4. The van der Waals surface area contributed by atoms with Crippen molar-refractivity contribution in [2.24, 2.45) is 5.41 Å². The number of carbonyl (C=O) groups excluding carboxylic acids is 2. The van der Waals surface area contributed by atoms with Gasteiger partial charge in [0.15, 0.2) is 0 Å². The number of likely N-dealkylation sites (tertiary alicyclic amines) is 1. The van der Waals surface area contributed by atoms with E-state index in [9.17, 15) is 9.59 Å². The number of amides is 2. The van der Waals surface area contributed by atoms with E-state index in [1.807, 2.05) is 58.0 Å². The number of rotatable bonds is 7. The van der Waals surface area contributed by atoms with Crippen LogP contribution in [0.3, 0.4) is 0 Å². The molecule has 0 atom stereocenters. The van der Waals surface area contributed by atoms with Crippen LogP contribution in [0.4, 0.5) is 16.2 Å². The molecule has 1 spiro atoms. The van der Waals surface area contributed by atoms with E-state index in [2.05, 4.69) is 20.9 Å². The lowest BCUT2D eigenvalue weighted by Crippen LogP contribution is -2.47. The minimum atomic E-state index is -0.463. The molecule has 0 bridgehead atoms. The Morgan fingerprint density at radius 1 is 1.25 bits per heavy atom. The van der Waals surface area contributed by atoms with E-state index in [1.165, 1.54) is 0 Å². The normalized spacial score (nSPS) is 22.6. The molecular weight excluding hydrogens is 406 g/mol. The molecule has 0 radical (unpaired) electrons. The molecule has 1 saturated heterocycles. The van der Waals surface area contributed by atoms with Crippen molar-refractivity contribution in [1.82, 2.24) is 15.1 Å². The fraction of sp³-hybridized carbons (Fsp3) is 0.667. The van der Waals surface area contributed by atoms with Crippen molar-refractivity contribution in [2.75, 3.05) is 58.0 Å². The molecule has 2 aliphatic rings. The number of ether oxygens (including phenoxy) is 1. The largest absolute Gasteiger partial charge is 0.444 e. The topological polar surface area (TPSA) is 85.9 Å². The Bertz CT molecular complexity index is 827. The molecule has 1 aliphatic heterocycles. The Hall–Kier alpha value is -2.48. The van der Waals surface area contributed by atoms with Crippen LogP contribution in [-0.4, -0.2) is 80.8 Å². The molecule has 32 heavy (non-hydrogen) atoms. The zero-order valence-electron chi connectivity index (χ0n) is 20.4. The van der Waals surface area contributed by atoms with Crippen LogP contribution in [0.25, 0.3) is 0 Å².